The molecule has 0 bridgehead atoms. The second-order valence-electron chi connectivity index (χ2n) is 6.02. The molecule has 1 aliphatic heterocycles. The molecule has 0 unspecified atom stereocenters. The zero-order valence-corrected chi connectivity index (χ0v) is 14.7. The van der Waals surface area contributed by atoms with E-state index >= 15 is 0 Å². The molecule has 1 aliphatic rings. The molecule has 0 aliphatic carbocycles. The molecule has 2 aromatic rings. The summed E-state index contributed by atoms with van der Waals surface area (Å²) in [5, 5.41) is 9.77. The lowest BCUT2D eigenvalue weighted by Crippen LogP contribution is -2.49. The molecular weight excluding hydrogens is 368 g/mol. The summed E-state index contributed by atoms with van der Waals surface area (Å²) in [6.45, 7) is 1.54. The van der Waals surface area contributed by atoms with E-state index in [0.717, 1.165) is 5.56 Å². The SMILES string of the molecule is O=C(O)C1CN(Cc2ccc(OCc3ccc(Cl)c(Cl)c3)cc2F)C1. The highest BCUT2D eigenvalue weighted by atomic mass is 35.5. The Hall–Kier alpha value is -1.82. The van der Waals surface area contributed by atoms with Crippen molar-refractivity contribution < 1.29 is 19.0 Å². The number of benzene rings is 2. The Morgan fingerprint density at radius 1 is 1.20 bits per heavy atom. The molecule has 4 nitrogen and oxygen atoms in total. The van der Waals surface area contributed by atoms with Gasteiger partial charge in [0.2, 0.25) is 0 Å². The molecule has 2 aromatic carbocycles. The number of carbonyl (C=O) groups is 1. The Kier molecular flexibility index (Phi) is 5.47. The van der Waals surface area contributed by atoms with Gasteiger partial charge in [0, 0.05) is 31.3 Å². The van der Waals surface area contributed by atoms with Crippen LogP contribution < -0.4 is 4.74 Å². The van der Waals surface area contributed by atoms with Crippen LogP contribution in [0.2, 0.25) is 10.0 Å². The number of halogens is 3. The summed E-state index contributed by atoms with van der Waals surface area (Å²) in [6.07, 6.45) is 0. The van der Waals surface area contributed by atoms with Gasteiger partial charge in [-0.05, 0) is 23.8 Å². The summed E-state index contributed by atoms with van der Waals surface area (Å²) < 4.78 is 19.8. The smallest absolute Gasteiger partial charge is 0.309 e. The van der Waals surface area contributed by atoms with E-state index in [2.05, 4.69) is 0 Å². The number of ether oxygens (including phenoxy) is 1. The van der Waals surface area contributed by atoms with Crippen molar-refractivity contribution in [3.63, 3.8) is 0 Å². The van der Waals surface area contributed by atoms with Gasteiger partial charge in [0.15, 0.2) is 0 Å². The maximum Gasteiger partial charge on any atom is 0.309 e. The monoisotopic (exact) mass is 383 g/mol. The van der Waals surface area contributed by atoms with Crippen molar-refractivity contribution in [2.45, 2.75) is 13.2 Å². The van der Waals surface area contributed by atoms with Crippen molar-refractivity contribution in [3.8, 4) is 5.75 Å². The molecule has 0 atom stereocenters. The molecule has 7 heteroatoms. The number of carboxylic acids is 1. The highest BCUT2D eigenvalue weighted by molar-refractivity contribution is 6.42. The van der Waals surface area contributed by atoms with Gasteiger partial charge in [-0.25, -0.2) is 4.39 Å². The second kappa shape index (κ2) is 7.60. The Bertz CT molecular complexity index is 794. The summed E-state index contributed by atoms with van der Waals surface area (Å²) in [5.74, 6) is -1.11. The Balaban J connectivity index is 1.56. The number of hydrogen-bond donors (Lipinski definition) is 1. The maximum atomic E-state index is 14.2. The van der Waals surface area contributed by atoms with Gasteiger partial charge in [0.25, 0.3) is 0 Å². The molecule has 0 aromatic heterocycles. The number of likely N-dealkylation sites (tertiary alicyclic amines) is 1. The number of rotatable bonds is 6. The molecule has 0 amide bonds. The van der Waals surface area contributed by atoms with Crippen molar-refractivity contribution in [2.75, 3.05) is 13.1 Å². The van der Waals surface area contributed by atoms with Crippen LogP contribution in [0.4, 0.5) is 4.39 Å². The Labute approximate surface area is 154 Å². The van der Waals surface area contributed by atoms with Gasteiger partial charge >= 0.3 is 5.97 Å². The van der Waals surface area contributed by atoms with Crippen LogP contribution in [0.3, 0.4) is 0 Å². The van der Waals surface area contributed by atoms with E-state index in [0.29, 0.717) is 41.0 Å². The fourth-order valence-electron chi connectivity index (χ4n) is 2.64. The molecular formula is C18H16Cl2FNO3. The number of hydrogen-bond acceptors (Lipinski definition) is 3. The number of nitrogens with zero attached hydrogens (tertiary/aromatic N) is 1. The average Bonchev–Trinajstić information content (AvgIpc) is 2.52. The summed E-state index contributed by atoms with van der Waals surface area (Å²) in [4.78, 5) is 12.7. The molecule has 25 heavy (non-hydrogen) atoms. The summed E-state index contributed by atoms with van der Waals surface area (Å²) in [7, 11) is 0. The van der Waals surface area contributed by atoms with E-state index in [-0.39, 0.29) is 18.3 Å². The first-order chi connectivity index (χ1) is 11.9. The van der Waals surface area contributed by atoms with E-state index < -0.39 is 5.97 Å². The van der Waals surface area contributed by atoms with Gasteiger partial charge in [0.1, 0.15) is 18.2 Å². The minimum absolute atomic E-state index is 0.252. The van der Waals surface area contributed by atoms with Crippen LogP contribution in [0.15, 0.2) is 36.4 Å². The van der Waals surface area contributed by atoms with Crippen molar-refractivity contribution in [1.29, 1.82) is 0 Å². The molecule has 132 valence electrons. The molecule has 1 N–H and O–H groups in total. The van der Waals surface area contributed by atoms with Crippen molar-refractivity contribution >= 4 is 29.2 Å². The van der Waals surface area contributed by atoms with Gasteiger partial charge in [0.05, 0.1) is 16.0 Å². The number of carboxylic acid groups (broad SMARTS) is 1. The van der Waals surface area contributed by atoms with Crippen LogP contribution in [-0.4, -0.2) is 29.1 Å². The Morgan fingerprint density at radius 2 is 1.96 bits per heavy atom. The van der Waals surface area contributed by atoms with E-state index in [1.807, 2.05) is 4.90 Å². The van der Waals surface area contributed by atoms with Crippen molar-refractivity contribution in [2.24, 2.45) is 5.92 Å². The summed E-state index contributed by atoms with van der Waals surface area (Å²) in [6, 6.07) is 9.88. The summed E-state index contributed by atoms with van der Waals surface area (Å²) in [5.41, 5.74) is 1.35. The van der Waals surface area contributed by atoms with Crippen molar-refractivity contribution in [3.05, 3.63) is 63.4 Å². The van der Waals surface area contributed by atoms with Gasteiger partial charge in [-0.3, -0.25) is 9.69 Å². The van der Waals surface area contributed by atoms with Crippen LogP contribution >= 0.6 is 23.2 Å². The third kappa shape index (κ3) is 4.42. The van der Waals surface area contributed by atoms with E-state index in [9.17, 15) is 9.18 Å². The standard InChI is InChI=1S/C18H16Cl2FNO3/c19-15-4-1-11(5-16(15)20)10-25-14-3-2-12(17(21)6-14)7-22-8-13(9-22)18(23)24/h1-6,13H,7-10H2,(H,23,24). The second-order valence-corrected chi connectivity index (χ2v) is 6.83. The first kappa shape index (κ1) is 18.0. The average molecular weight is 384 g/mol. The quantitative estimate of drug-likeness (QED) is 0.810. The van der Waals surface area contributed by atoms with Gasteiger partial charge in [-0.15, -0.1) is 0 Å². The van der Waals surface area contributed by atoms with Gasteiger partial charge < -0.3 is 9.84 Å². The predicted octanol–water partition coefficient (Wildman–Crippen LogP) is 4.23. The zero-order valence-electron chi connectivity index (χ0n) is 13.2. The van der Waals surface area contributed by atoms with Crippen LogP contribution in [-0.2, 0) is 17.9 Å². The lowest BCUT2D eigenvalue weighted by Gasteiger charge is -2.36. The fraction of sp³-hybridized carbons (Fsp3) is 0.278. The van der Waals surface area contributed by atoms with Crippen LogP contribution in [0, 0.1) is 11.7 Å². The molecule has 0 radical (unpaired) electrons. The van der Waals surface area contributed by atoms with E-state index in [4.69, 9.17) is 33.0 Å². The molecule has 1 fully saturated rings. The first-order valence-corrected chi connectivity index (χ1v) is 8.48. The van der Waals surface area contributed by atoms with Crippen LogP contribution in [0.25, 0.3) is 0 Å². The van der Waals surface area contributed by atoms with Gasteiger partial charge in [-0.1, -0.05) is 35.3 Å². The highest BCUT2D eigenvalue weighted by Gasteiger charge is 2.32. The molecule has 3 rings (SSSR count). The summed E-state index contributed by atoms with van der Waals surface area (Å²) >= 11 is 11.8. The maximum absolute atomic E-state index is 14.2. The minimum atomic E-state index is -0.803. The Morgan fingerprint density at radius 3 is 2.60 bits per heavy atom. The third-order valence-electron chi connectivity index (χ3n) is 4.11. The van der Waals surface area contributed by atoms with E-state index in [1.54, 1.807) is 30.3 Å². The molecule has 0 spiro atoms. The molecule has 1 heterocycles. The van der Waals surface area contributed by atoms with Crippen molar-refractivity contribution in [1.82, 2.24) is 4.90 Å². The first-order valence-electron chi connectivity index (χ1n) is 7.72. The minimum Gasteiger partial charge on any atom is -0.489 e. The number of aliphatic carboxylic acids is 1. The lowest BCUT2D eigenvalue weighted by atomic mass is 9.99. The third-order valence-corrected chi connectivity index (χ3v) is 4.85. The van der Waals surface area contributed by atoms with E-state index in [1.165, 1.54) is 6.07 Å². The predicted molar refractivity (Wildman–Crippen MR) is 93.6 cm³/mol. The highest BCUT2D eigenvalue weighted by Crippen LogP contribution is 2.25. The normalized spacial score (nSPS) is 15.0. The largest absolute Gasteiger partial charge is 0.489 e. The molecule has 1 saturated heterocycles. The topological polar surface area (TPSA) is 49.8 Å². The van der Waals surface area contributed by atoms with Crippen LogP contribution in [0.5, 0.6) is 5.75 Å². The lowest BCUT2D eigenvalue weighted by molar-refractivity contribution is -0.147. The zero-order chi connectivity index (χ0) is 18.0. The van der Waals surface area contributed by atoms with Crippen LogP contribution in [0.1, 0.15) is 11.1 Å². The molecule has 0 saturated carbocycles. The fourth-order valence-corrected chi connectivity index (χ4v) is 2.96. The van der Waals surface area contributed by atoms with Gasteiger partial charge in [-0.2, -0.15) is 0 Å².